The largest absolute Gasteiger partial charge is 0.351 e. The zero-order chi connectivity index (χ0) is 12.7. The molecule has 4 heteroatoms. The lowest BCUT2D eigenvalue weighted by molar-refractivity contribution is 0.0953. The highest BCUT2D eigenvalue weighted by Gasteiger charge is 2.07. The Morgan fingerprint density at radius 3 is 2.71 bits per heavy atom. The van der Waals surface area contributed by atoms with Crippen LogP contribution in [0.3, 0.4) is 0 Å². The minimum atomic E-state index is -0.00621. The van der Waals surface area contributed by atoms with Crippen LogP contribution in [0.5, 0.6) is 0 Å². The van der Waals surface area contributed by atoms with Crippen LogP contribution >= 0.6 is 15.9 Å². The molecule has 0 atom stereocenters. The van der Waals surface area contributed by atoms with Crippen LogP contribution in [0.4, 0.5) is 0 Å². The monoisotopic (exact) mass is 298 g/mol. The van der Waals surface area contributed by atoms with E-state index in [0.717, 1.165) is 35.1 Å². The van der Waals surface area contributed by atoms with Crippen molar-refractivity contribution < 1.29 is 4.79 Å². The van der Waals surface area contributed by atoms with E-state index in [2.05, 4.69) is 33.5 Å². The number of carbonyl (C=O) groups is 1. The van der Waals surface area contributed by atoms with Gasteiger partial charge in [-0.05, 0) is 43.7 Å². The number of benzene rings is 1. The molecule has 1 aromatic carbocycles. The SMILES string of the molecule is CCCNCCNC(=O)c1ccc(Br)cc1C. The molecule has 0 saturated carbocycles. The van der Waals surface area contributed by atoms with Gasteiger partial charge < -0.3 is 10.6 Å². The summed E-state index contributed by atoms with van der Waals surface area (Å²) in [5, 5.41) is 6.14. The summed E-state index contributed by atoms with van der Waals surface area (Å²) in [5.74, 6) is -0.00621. The number of nitrogens with one attached hydrogen (secondary N) is 2. The van der Waals surface area contributed by atoms with Gasteiger partial charge in [0.15, 0.2) is 0 Å². The van der Waals surface area contributed by atoms with E-state index in [4.69, 9.17) is 0 Å². The van der Waals surface area contributed by atoms with Crippen molar-refractivity contribution in [2.45, 2.75) is 20.3 Å². The lowest BCUT2D eigenvalue weighted by Gasteiger charge is -2.08. The van der Waals surface area contributed by atoms with Gasteiger partial charge in [-0.25, -0.2) is 0 Å². The van der Waals surface area contributed by atoms with Crippen LogP contribution in [0.2, 0.25) is 0 Å². The topological polar surface area (TPSA) is 41.1 Å². The van der Waals surface area contributed by atoms with Gasteiger partial charge in [-0.2, -0.15) is 0 Å². The molecule has 0 saturated heterocycles. The molecule has 0 aromatic heterocycles. The maximum Gasteiger partial charge on any atom is 0.251 e. The second kappa shape index (κ2) is 7.45. The Kier molecular flexibility index (Phi) is 6.22. The molecule has 3 nitrogen and oxygen atoms in total. The summed E-state index contributed by atoms with van der Waals surface area (Å²) in [5.41, 5.74) is 1.72. The fourth-order valence-corrected chi connectivity index (χ4v) is 2.02. The lowest BCUT2D eigenvalue weighted by Crippen LogP contribution is -2.32. The smallest absolute Gasteiger partial charge is 0.251 e. The molecule has 0 aliphatic rings. The number of rotatable bonds is 6. The first kappa shape index (κ1) is 14.2. The molecular formula is C13H19BrN2O. The van der Waals surface area contributed by atoms with Crippen LogP contribution in [-0.2, 0) is 0 Å². The molecule has 1 amide bonds. The third-order valence-electron chi connectivity index (χ3n) is 2.45. The van der Waals surface area contributed by atoms with Gasteiger partial charge in [0.25, 0.3) is 5.91 Å². The molecule has 1 aromatic rings. The fraction of sp³-hybridized carbons (Fsp3) is 0.462. The normalized spacial score (nSPS) is 10.3. The molecule has 17 heavy (non-hydrogen) atoms. The molecule has 0 spiro atoms. The maximum absolute atomic E-state index is 11.9. The van der Waals surface area contributed by atoms with Crippen molar-refractivity contribution >= 4 is 21.8 Å². The van der Waals surface area contributed by atoms with E-state index in [1.807, 2.05) is 25.1 Å². The van der Waals surface area contributed by atoms with E-state index in [-0.39, 0.29) is 5.91 Å². The third kappa shape index (κ3) is 4.88. The third-order valence-corrected chi connectivity index (χ3v) is 2.94. The van der Waals surface area contributed by atoms with E-state index in [1.165, 1.54) is 0 Å². The molecule has 1 rings (SSSR count). The summed E-state index contributed by atoms with van der Waals surface area (Å²) in [6.45, 7) is 6.53. The van der Waals surface area contributed by atoms with Crippen molar-refractivity contribution in [3.8, 4) is 0 Å². The van der Waals surface area contributed by atoms with Crippen LogP contribution in [-0.4, -0.2) is 25.5 Å². The number of hydrogen-bond donors (Lipinski definition) is 2. The average Bonchev–Trinajstić information content (AvgIpc) is 2.28. The Bertz CT molecular complexity index is 380. The minimum absolute atomic E-state index is 0.00621. The van der Waals surface area contributed by atoms with E-state index in [9.17, 15) is 4.79 Å². The lowest BCUT2D eigenvalue weighted by atomic mass is 10.1. The van der Waals surface area contributed by atoms with E-state index < -0.39 is 0 Å². The first-order chi connectivity index (χ1) is 8.15. The van der Waals surface area contributed by atoms with Crippen molar-refractivity contribution in [2.75, 3.05) is 19.6 Å². The van der Waals surface area contributed by atoms with Crippen molar-refractivity contribution in [1.29, 1.82) is 0 Å². The number of halogens is 1. The average molecular weight is 299 g/mol. The predicted molar refractivity (Wildman–Crippen MR) is 74.4 cm³/mol. The van der Waals surface area contributed by atoms with E-state index in [0.29, 0.717) is 6.54 Å². The zero-order valence-electron chi connectivity index (χ0n) is 10.3. The molecule has 0 aliphatic carbocycles. The minimum Gasteiger partial charge on any atom is -0.351 e. The Balaban J connectivity index is 2.42. The highest BCUT2D eigenvalue weighted by atomic mass is 79.9. The summed E-state index contributed by atoms with van der Waals surface area (Å²) >= 11 is 3.38. The molecule has 0 fully saturated rings. The standard InChI is InChI=1S/C13H19BrN2O/c1-3-6-15-7-8-16-13(17)12-5-4-11(14)9-10(12)2/h4-5,9,15H,3,6-8H2,1-2H3,(H,16,17). The summed E-state index contributed by atoms with van der Waals surface area (Å²) in [4.78, 5) is 11.9. The number of hydrogen-bond acceptors (Lipinski definition) is 2. The molecular weight excluding hydrogens is 280 g/mol. The molecule has 0 unspecified atom stereocenters. The summed E-state index contributed by atoms with van der Waals surface area (Å²) in [7, 11) is 0. The van der Waals surface area contributed by atoms with Gasteiger partial charge in [-0.1, -0.05) is 22.9 Å². The molecule has 94 valence electrons. The Labute approximate surface area is 111 Å². The van der Waals surface area contributed by atoms with Gasteiger partial charge in [-0.3, -0.25) is 4.79 Å². The second-order valence-electron chi connectivity index (χ2n) is 3.97. The van der Waals surface area contributed by atoms with Gasteiger partial charge in [-0.15, -0.1) is 0 Å². The van der Waals surface area contributed by atoms with Gasteiger partial charge in [0.05, 0.1) is 0 Å². The molecule has 0 heterocycles. The van der Waals surface area contributed by atoms with Crippen LogP contribution in [0.1, 0.15) is 29.3 Å². The summed E-state index contributed by atoms with van der Waals surface area (Å²) in [6, 6.07) is 5.68. The number of aryl methyl sites for hydroxylation is 1. The van der Waals surface area contributed by atoms with Gasteiger partial charge in [0.2, 0.25) is 0 Å². The molecule has 2 N–H and O–H groups in total. The predicted octanol–water partition coefficient (Wildman–Crippen LogP) is 2.49. The van der Waals surface area contributed by atoms with Crippen molar-refractivity contribution in [1.82, 2.24) is 10.6 Å². The Morgan fingerprint density at radius 1 is 1.29 bits per heavy atom. The van der Waals surface area contributed by atoms with Crippen LogP contribution in [0, 0.1) is 6.92 Å². The van der Waals surface area contributed by atoms with Crippen molar-refractivity contribution in [2.24, 2.45) is 0 Å². The van der Waals surface area contributed by atoms with E-state index in [1.54, 1.807) is 0 Å². The first-order valence-electron chi connectivity index (χ1n) is 5.90. The molecule has 0 aliphatic heterocycles. The summed E-state index contributed by atoms with van der Waals surface area (Å²) in [6.07, 6.45) is 1.11. The highest BCUT2D eigenvalue weighted by Crippen LogP contribution is 2.15. The molecule has 0 radical (unpaired) electrons. The maximum atomic E-state index is 11.9. The number of carbonyl (C=O) groups excluding carboxylic acids is 1. The van der Waals surface area contributed by atoms with Gasteiger partial charge in [0, 0.05) is 23.1 Å². The fourth-order valence-electron chi connectivity index (χ4n) is 1.54. The van der Waals surface area contributed by atoms with Crippen LogP contribution < -0.4 is 10.6 Å². The van der Waals surface area contributed by atoms with Gasteiger partial charge >= 0.3 is 0 Å². The van der Waals surface area contributed by atoms with Crippen molar-refractivity contribution in [3.05, 3.63) is 33.8 Å². The van der Waals surface area contributed by atoms with Crippen LogP contribution in [0.15, 0.2) is 22.7 Å². The first-order valence-corrected chi connectivity index (χ1v) is 6.69. The zero-order valence-corrected chi connectivity index (χ0v) is 11.9. The van der Waals surface area contributed by atoms with Crippen LogP contribution in [0.25, 0.3) is 0 Å². The van der Waals surface area contributed by atoms with Crippen molar-refractivity contribution in [3.63, 3.8) is 0 Å². The summed E-state index contributed by atoms with van der Waals surface area (Å²) < 4.78 is 0.996. The second-order valence-corrected chi connectivity index (χ2v) is 4.88. The number of amides is 1. The Hall–Kier alpha value is -0.870. The Morgan fingerprint density at radius 2 is 2.06 bits per heavy atom. The van der Waals surface area contributed by atoms with E-state index >= 15 is 0 Å². The van der Waals surface area contributed by atoms with Gasteiger partial charge in [0.1, 0.15) is 0 Å². The quantitative estimate of drug-likeness (QED) is 0.792. The molecule has 0 bridgehead atoms. The highest BCUT2D eigenvalue weighted by molar-refractivity contribution is 9.10.